The van der Waals surface area contributed by atoms with Gasteiger partial charge in [-0.3, -0.25) is 19.3 Å². The molecule has 11 heteroatoms. The predicted octanol–water partition coefficient (Wildman–Crippen LogP) is 2.05. The van der Waals surface area contributed by atoms with Gasteiger partial charge in [-0.1, -0.05) is 12.1 Å². The number of hydrogen-bond acceptors (Lipinski definition) is 7. The fourth-order valence-electron chi connectivity index (χ4n) is 3.94. The minimum absolute atomic E-state index is 0.0110. The van der Waals surface area contributed by atoms with Crippen molar-refractivity contribution < 1.29 is 32.3 Å². The summed E-state index contributed by atoms with van der Waals surface area (Å²) in [6, 6.07) is 9.82. The Morgan fingerprint density at radius 2 is 1.74 bits per heavy atom. The Hall–Kier alpha value is -3.83. The molecule has 2 aliphatic rings. The Morgan fingerprint density at radius 1 is 1.03 bits per heavy atom. The SMILES string of the molecule is C=CCN1C(=O)c2ccc(C(=O)OCC(=O)Nc3cccc(S(=O)(=O)N4CCCC4)c3)cc2C1=O. The van der Waals surface area contributed by atoms with Crippen LogP contribution in [0.2, 0.25) is 0 Å². The first kappa shape index (κ1) is 24.3. The van der Waals surface area contributed by atoms with Crippen molar-refractivity contribution in [3.8, 4) is 0 Å². The molecule has 2 aliphatic heterocycles. The third-order valence-electron chi connectivity index (χ3n) is 5.67. The summed E-state index contributed by atoms with van der Waals surface area (Å²) >= 11 is 0. The normalized spacial score (nSPS) is 15.7. The number of sulfonamides is 1. The first-order valence-electron chi connectivity index (χ1n) is 10.9. The van der Waals surface area contributed by atoms with Gasteiger partial charge in [-0.25, -0.2) is 13.2 Å². The highest BCUT2D eigenvalue weighted by molar-refractivity contribution is 7.89. The lowest BCUT2D eigenvalue weighted by atomic mass is 10.1. The maximum atomic E-state index is 12.7. The van der Waals surface area contributed by atoms with E-state index in [1.54, 1.807) is 0 Å². The minimum atomic E-state index is -3.64. The number of amides is 3. The highest BCUT2D eigenvalue weighted by Gasteiger charge is 2.35. The van der Waals surface area contributed by atoms with Gasteiger partial charge in [-0.15, -0.1) is 6.58 Å². The van der Waals surface area contributed by atoms with Gasteiger partial charge < -0.3 is 10.1 Å². The Kier molecular flexibility index (Phi) is 6.81. The van der Waals surface area contributed by atoms with Gasteiger partial charge in [0.25, 0.3) is 17.7 Å². The van der Waals surface area contributed by atoms with Crippen molar-refractivity contribution in [1.82, 2.24) is 9.21 Å². The Morgan fingerprint density at radius 3 is 2.46 bits per heavy atom. The van der Waals surface area contributed by atoms with Crippen LogP contribution in [-0.2, 0) is 19.6 Å². The number of nitrogens with one attached hydrogen (secondary N) is 1. The molecule has 0 radical (unpaired) electrons. The van der Waals surface area contributed by atoms with E-state index in [1.165, 1.54) is 52.8 Å². The fourth-order valence-corrected chi connectivity index (χ4v) is 5.50. The van der Waals surface area contributed by atoms with Gasteiger partial charge in [0.1, 0.15) is 0 Å². The van der Waals surface area contributed by atoms with Crippen molar-refractivity contribution in [3.63, 3.8) is 0 Å². The van der Waals surface area contributed by atoms with Gasteiger partial charge in [0.15, 0.2) is 6.61 Å². The van der Waals surface area contributed by atoms with Crippen LogP contribution >= 0.6 is 0 Å². The molecular weight excluding hydrogens is 474 g/mol. The third-order valence-corrected chi connectivity index (χ3v) is 7.57. The number of rotatable bonds is 8. The van der Waals surface area contributed by atoms with Crippen molar-refractivity contribution in [2.45, 2.75) is 17.7 Å². The zero-order valence-electron chi connectivity index (χ0n) is 18.7. The molecule has 0 atom stereocenters. The average Bonchev–Trinajstić information content (AvgIpc) is 3.47. The Balaban J connectivity index is 1.38. The van der Waals surface area contributed by atoms with Gasteiger partial charge in [0, 0.05) is 25.3 Å². The summed E-state index contributed by atoms with van der Waals surface area (Å²) in [5.74, 6) is -2.53. The second-order valence-corrected chi connectivity index (χ2v) is 9.97. The van der Waals surface area contributed by atoms with Crippen LogP contribution < -0.4 is 5.32 Å². The number of esters is 1. The number of carbonyl (C=O) groups is 4. The van der Waals surface area contributed by atoms with Gasteiger partial charge in [0.05, 0.1) is 21.6 Å². The first-order chi connectivity index (χ1) is 16.7. The molecule has 0 spiro atoms. The highest BCUT2D eigenvalue weighted by atomic mass is 32.2. The molecule has 182 valence electrons. The molecule has 0 bridgehead atoms. The zero-order valence-corrected chi connectivity index (χ0v) is 19.5. The van der Waals surface area contributed by atoms with Crippen molar-refractivity contribution in [3.05, 3.63) is 71.8 Å². The maximum Gasteiger partial charge on any atom is 0.338 e. The van der Waals surface area contributed by atoms with Crippen LogP contribution in [0, 0.1) is 0 Å². The zero-order chi connectivity index (χ0) is 25.2. The van der Waals surface area contributed by atoms with Crippen LogP contribution in [0.1, 0.15) is 43.9 Å². The predicted molar refractivity (Wildman–Crippen MR) is 125 cm³/mol. The van der Waals surface area contributed by atoms with Gasteiger partial charge in [-0.05, 0) is 49.2 Å². The van der Waals surface area contributed by atoms with Crippen LogP contribution in [0.15, 0.2) is 60.0 Å². The van der Waals surface area contributed by atoms with E-state index in [4.69, 9.17) is 4.74 Å². The Bertz CT molecular complexity index is 1330. The maximum absolute atomic E-state index is 12.7. The summed E-state index contributed by atoms with van der Waals surface area (Å²) in [6.45, 7) is 3.86. The molecule has 2 aromatic rings. The van der Waals surface area contributed by atoms with E-state index >= 15 is 0 Å². The first-order valence-corrected chi connectivity index (χ1v) is 12.3. The summed E-state index contributed by atoms with van der Waals surface area (Å²) in [7, 11) is -3.64. The van der Waals surface area contributed by atoms with E-state index in [2.05, 4.69) is 11.9 Å². The van der Waals surface area contributed by atoms with E-state index < -0.39 is 40.3 Å². The van der Waals surface area contributed by atoms with Crippen molar-refractivity contribution in [1.29, 1.82) is 0 Å². The fraction of sp³-hybridized carbons (Fsp3) is 0.250. The summed E-state index contributed by atoms with van der Waals surface area (Å²) in [6.07, 6.45) is 3.04. The number of imide groups is 1. The van der Waals surface area contributed by atoms with Gasteiger partial charge >= 0.3 is 5.97 Å². The molecule has 4 rings (SSSR count). The minimum Gasteiger partial charge on any atom is -0.452 e. The van der Waals surface area contributed by atoms with Crippen LogP contribution in [0.25, 0.3) is 0 Å². The summed E-state index contributed by atoms with van der Waals surface area (Å²) in [5.41, 5.74) is 0.508. The molecule has 10 nitrogen and oxygen atoms in total. The van der Waals surface area contributed by atoms with E-state index in [9.17, 15) is 27.6 Å². The number of anilines is 1. The molecule has 0 saturated carbocycles. The molecule has 0 unspecified atom stereocenters. The van der Waals surface area contributed by atoms with Gasteiger partial charge in [-0.2, -0.15) is 4.31 Å². The van der Waals surface area contributed by atoms with E-state index in [0.717, 1.165) is 17.7 Å². The monoisotopic (exact) mass is 497 g/mol. The topological polar surface area (TPSA) is 130 Å². The lowest BCUT2D eigenvalue weighted by molar-refractivity contribution is -0.119. The molecule has 0 aliphatic carbocycles. The number of benzene rings is 2. The molecule has 1 N–H and O–H groups in total. The van der Waals surface area contributed by atoms with E-state index in [-0.39, 0.29) is 33.8 Å². The van der Waals surface area contributed by atoms with Crippen molar-refractivity contribution in [2.75, 3.05) is 31.6 Å². The van der Waals surface area contributed by atoms with Crippen molar-refractivity contribution >= 4 is 39.4 Å². The molecule has 35 heavy (non-hydrogen) atoms. The van der Waals surface area contributed by atoms with E-state index in [0.29, 0.717) is 13.1 Å². The number of carbonyl (C=O) groups excluding carboxylic acids is 4. The van der Waals surface area contributed by atoms with Crippen LogP contribution in [0.3, 0.4) is 0 Å². The standard InChI is InChI=1S/C24H23N3O7S/c1-2-10-27-22(29)19-9-8-16(13-20(19)23(27)30)24(31)34-15-21(28)25-17-6-5-7-18(14-17)35(32,33)26-11-3-4-12-26/h2,5-9,13-14H,1,3-4,10-12,15H2,(H,25,28). The quantitative estimate of drug-likeness (QED) is 0.336. The number of fused-ring (bicyclic) bond motifs is 1. The molecule has 3 amide bonds. The lowest BCUT2D eigenvalue weighted by Crippen LogP contribution is -2.29. The summed E-state index contributed by atoms with van der Waals surface area (Å²) < 4.78 is 31.9. The van der Waals surface area contributed by atoms with Crippen molar-refractivity contribution in [2.24, 2.45) is 0 Å². The molecule has 0 aromatic heterocycles. The molecule has 2 heterocycles. The number of nitrogens with zero attached hydrogens (tertiary/aromatic N) is 2. The molecule has 1 saturated heterocycles. The number of ether oxygens (including phenoxy) is 1. The second kappa shape index (κ2) is 9.80. The second-order valence-electron chi connectivity index (χ2n) is 8.03. The lowest BCUT2D eigenvalue weighted by Gasteiger charge is -2.16. The Labute approximate surface area is 202 Å². The summed E-state index contributed by atoms with van der Waals surface area (Å²) in [4.78, 5) is 50.5. The number of hydrogen-bond donors (Lipinski definition) is 1. The average molecular weight is 498 g/mol. The van der Waals surface area contributed by atoms with Crippen LogP contribution in [-0.4, -0.2) is 67.6 Å². The largest absolute Gasteiger partial charge is 0.452 e. The van der Waals surface area contributed by atoms with Crippen LogP contribution in [0.5, 0.6) is 0 Å². The smallest absolute Gasteiger partial charge is 0.338 e. The van der Waals surface area contributed by atoms with Gasteiger partial charge in [0.2, 0.25) is 10.0 Å². The molecule has 1 fully saturated rings. The molecule has 2 aromatic carbocycles. The molecular formula is C24H23N3O7S. The highest BCUT2D eigenvalue weighted by Crippen LogP contribution is 2.25. The summed E-state index contributed by atoms with van der Waals surface area (Å²) in [5, 5.41) is 2.51. The third kappa shape index (κ3) is 4.86. The van der Waals surface area contributed by atoms with Crippen LogP contribution in [0.4, 0.5) is 5.69 Å². The van der Waals surface area contributed by atoms with E-state index in [1.807, 2.05) is 0 Å².